The molecule has 5 nitrogen and oxygen atoms in total. The molecule has 1 aromatic rings. The lowest BCUT2D eigenvalue weighted by Gasteiger charge is -2.11. The summed E-state index contributed by atoms with van der Waals surface area (Å²) < 4.78 is 4.89. The van der Waals surface area contributed by atoms with Crippen molar-refractivity contribution in [2.24, 2.45) is 0 Å². The minimum Gasteiger partial charge on any atom is -0.466 e. The van der Waals surface area contributed by atoms with Gasteiger partial charge in [-0.25, -0.2) is 9.97 Å². The van der Waals surface area contributed by atoms with Crippen LogP contribution < -0.4 is 5.32 Å². The molecule has 18 heavy (non-hydrogen) atoms. The first kappa shape index (κ1) is 13.4. The van der Waals surface area contributed by atoms with Gasteiger partial charge in [-0.15, -0.1) is 0 Å². The molecule has 0 amide bonds. The summed E-state index contributed by atoms with van der Waals surface area (Å²) in [5.74, 6) is 0.166. The van der Waals surface area contributed by atoms with Crippen molar-refractivity contribution in [3.8, 4) is 0 Å². The number of rotatable bonds is 5. The van der Waals surface area contributed by atoms with E-state index in [1.54, 1.807) is 6.92 Å². The molecule has 1 fully saturated rings. The Morgan fingerprint density at radius 1 is 1.44 bits per heavy atom. The van der Waals surface area contributed by atoms with E-state index in [-0.39, 0.29) is 22.8 Å². The summed E-state index contributed by atoms with van der Waals surface area (Å²) in [5, 5.41) is 3.44. The molecule has 0 bridgehead atoms. The molecule has 0 unspecified atom stereocenters. The first-order chi connectivity index (χ1) is 8.60. The van der Waals surface area contributed by atoms with Gasteiger partial charge in [-0.05, 0) is 31.4 Å². The number of aromatic nitrogens is 2. The number of carbonyl (C=O) groups is 1. The van der Waals surface area contributed by atoms with Gasteiger partial charge in [0.1, 0.15) is 11.0 Å². The summed E-state index contributed by atoms with van der Waals surface area (Å²) in [6.45, 7) is 2.08. The Morgan fingerprint density at radius 3 is 2.78 bits per heavy atom. The molecule has 0 aliphatic heterocycles. The number of halogens is 2. The van der Waals surface area contributed by atoms with Gasteiger partial charge >= 0.3 is 5.97 Å². The van der Waals surface area contributed by atoms with Gasteiger partial charge in [0.25, 0.3) is 0 Å². The van der Waals surface area contributed by atoms with Crippen LogP contribution in [-0.4, -0.2) is 28.6 Å². The van der Waals surface area contributed by atoms with E-state index in [0.717, 1.165) is 12.8 Å². The summed E-state index contributed by atoms with van der Waals surface area (Å²) in [7, 11) is 0. The minimum atomic E-state index is -0.357. The van der Waals surface area contributed by atoms with Crippen LogP contribution in [0.25, 0.3) is 0 Å². The summed E-state index contributed by atoms with van der Waals surface area (Å²) in [6.07, 6.45) is 2.20. The van der Waals surface area contributed by atoms with Crippen molar-refractivity contribution in [1.82, 2.24) is 9.97 Å². The van der Waals surface area contributed by atoms with E-state index in [2.05, 4.69) is 15.3 Å². The van der Waals surface area contributed by atoms with Crippen LogP contribution in [0.2, 0.25) is 10.4 Å². The Bertz CT molecular complexity index is 464. The molecule has 0 spiro atoms. The molecule has 1 aliphatic carbocycles. The van der Waals surface area contributed by atoms with Gasteiger partial charge in [-0.1, -0.05) is 11.6 Å². The smallest absolute Gasteiger partial charge is 0.310 e. The molecule has 2 rings (SSSR count). The first-order valence-corrected chi connectivity index (χ1v) is 6.49. The first-order valence-electron chi connectivity index (χ1n) is 5.74. The van der Waals surface area contributed by atoms with Crippen LogP contribution in [0.3, 0.4) is 0 Å². The largest absolute Gasteiger partial charge is 0.466 e. The van der Waals surface area contributed by atoms with Crippen LogP contribution in [0.15, 0.2) is 0 Å². The average molecular weight is 290 g/mol. The molecule has 0 saturated heterocycles. The molecule has 1 heterocycles. The Balaban J connectivity index is 2.21. The zero-order chi connectivity index (χ0) is 13.1. The Kier molecular flexibility index (Phi) is 4.24. The third-order valence-corrected chi connectivity index (χ3v) is 2.96. The molecule has 1 saturated carbocycles. The lowest BCUT2D eigenvalue weighted by Crippen LogP contribution is -2.13. The molecule has 0 radical (unpaired) electrons. The van der Waals surface area contributed by atoms with Gasteiger partial charge in [0.2, 0.25) is 5.28 Å². The number of nitrogens with zero attached hydrogens (tertiary/aromatic N) is 2. The fourth-order valence-corrected chi connectivity index (χ4v) is 1.93. The molecular weight excluding hydrogens is 277 g/mol. The minimum absolute atomic E-state index is 0.0406. The maximum Gasteiger partial charge on any atom is 0.310 e. The molecule has 7 heteroatoms. The van der Waals surface area contributed by atoms with Gasteiger partial charge in [0.05, 0.1) is 13.0 Å². The zero-order valence-electron chi connectivity index (χ0n) is 9.87. The molecule has 98 valence electrons. The highest BCUT2D eigenvalue weighted by Gasteiger charge is 2.25. The van der Waals surface area contributed by atoms with Gasteiger partial charge in [-0.3, -0.25) is 4.79 Å². The van der Waals surface area contributed by atoms with E-state index in [1.807, 2.05) is 0 Å². The lowest BCUT2D eigenvalue weighted by atomic mass is 10.2. The third-order valence-electron chi connectivity index (χ3n) is 2.47. The van der Waals surface area contributed by atoms with E-state index in [0.29, 0.717) is 24.0 Å². The molecule has 0 aromatic carbocycles. The van der Waals surface area contributed by atoms with Crippen LogP contribution in [-0.2, 0) is 16.0 Å². The maximum atomic E-state index is 11.5. The highest BCUT2D eigenvalue weighted by atomic mass is 35.5. The average Bonchev–Trinajstić information content (AvgIpc) is 3.07. The number of nitrogens with one attached hydrogen (secondary N) is 1. The van der Waals surface area contributed by atoms with Crippen LogP contribution in [0, 0.1) is 0 Å². The highest BCUT2D eigenvalue weighted by Crippen LogP contribution is 2.29. The van der Waals surface area contributed by atoms with Crippen molar-refractivity contribution in [3.05, 3.63) is 16.0 Å². The van der Waals surface area contributed by atoms with Gasteiger partial charge in [-0.2, -0.15) is 0 Å². The summed E-state index contributed by atoms with van der Waals surface area (Å²) in [5.41, 5.74) is 0.534. The van der Waals surface area contributed by atoms with Crippen LogP contribution in [0.1, 0.15) is 25.3 Å². The Labute approximate surface area is 115 Å². The number of carbonyl (C=O) groups excluding carboxylic acids is 1. The molecule has 1 N–H and O–H groups in total. The molecule has 0 atom stereocenters. The van der Waals surface area contributed by atoms with Crippen molar-refractivity contribution in [2.75, 3.05) is 11.9 Å². The predicted octanol–water partition coefficient (Wildman–Crippen LogP) is 2.46. The Morgan fingerprint density at radius 2 is 2.17 bits per heavy atom. The predicted molar refractivity (Wildman–Crippen MR) is 69.0 cm³/mol. The van der Waals surface area contributed by atoms with Gasteiger partial charge in [0, 0.05) is 11.6 Å². The fourth-order valence-electron chi connectivity index (χ4n) is 1.48. The second-order valence-electron chi connectivity index (χ2n) is 4.01. The number of hydrogen-bond donors (Lipinski definition) is 1. The normalized spacial score (nSPS) is 14.4. The van der Waals surface area contributed by atoms with E-state index >= 15 is 0 Å². The number of ether oxygens (including phenoxy) is 1. The van der Waals surface area contributed by atoms with E-state index < -0.39 is 0 Å². The van der Waals surface area contributed by atoms with E-state index in [4.69, 9.17) is 27.9 Å². The number of esters is 1. The van der Waals surface area contributed by atoms with Crippen molar-refractivity contribution < 1.29 is 9.53 Å². The van der Waals surface area contributed by atoms with Crippen molar-refractivity contribution in [1.29, 1.82) is 0 Å². The summed E-state index contributed by atoms with van der Waals surface area (Å²) >= 11 is 11.8. The van der Waals surface area contributed by atoms with Crippen LogP contribution >= 0.6 is 23.2 Å². The third kappa shape index (κ3) is 3.46. The molecule has 1 aliphatic rings. The maximum absolute atomic E-state index is 11.5. The van der Waals surface area contributed by atoms with Crippen molar-refractivity contribution >= 4 is 35.0 Å². The lowest BCUT2D eigenvalue weighted by molar-refractivity contribution is -0.142. The summed E-state index contributed by atoms with van der Waals surface area (Å²) in [4.78, 5) is 19.4. The van der Waals surface area contributed by atoms with Gasteiger partial charge < -0.3 is 10.1 Å². The standard InChI is InChI=1S/C11H13Cl2N3O2/c1-2-18-8(17)5-7-9(12)15-11(13)16-10(7)14-6-3-4-6/h6H,2-5H2,1H3,(H,14,15,16). The number of anilines is 1. The van der Waals surface area contributed by atoms with Crippen molar-refractivity contribution in [3.63, 3.8) is 0 Å². The van der Waals surface area contributed by atoms with Gasteiger partial charge in [0.15, 0.2) is 0 Å². The molecular formula is C11H13Cl2N3O2. The Hall–Kier alpha value is -1.07. The topological polar surface area (TPSA) is 64.1 Å². The zero-order valence-corrected chi connectivity index (χ0v) is 11.4. The number of hydrogen-bond acceptors (Lipinski definition) is 5. The second kappa shape index (κ2) is 5.71. The molecule has 1 aromatic heterocycles. The summed E-state index contributed by atoms with van der Waals surface area (Å²) in [6, 6.07) is 0.382. The van der Waals surface area contributed by atoms with Crippen LogP contribution in [0.5, 0.6) is 0 Å². The SMILES string of the molecule is CCOC(=O)Cc1c(Cl)nc(Cl)nc1NC1CC1. The fraction of sp³-hybridized carbons (Fsp3) is 0.545. The van der Waals surface area contributed by atoms with Crippen LogP contribution in [0.4, 0.5) is 5.82 Å². The highest BCUT2D eigenvalue weighted by molar-refractivity contribution is 6.32. The van der Waals surface area contributed by atoms with E-state index in [1.165, 1.54) is 0 Å². The monoisotopic (exact) mass is 289 g/mol. The quantitative estimate of drug-likeness (QED) is 0.512. The van der Waals surface area contributed by atoms with Crippen molar-refractivity contribution in [2.45, 2.75) is 32.2 Å². The second-order valence-corrected chi connectivity index (χ2v) is 4.71. The van der Waals surface area contributed by atoms with E-state index in [9.17, 15) is 4.79 Å².